The molecule has 2 aliphatic heterocycles. The fourth-order valence-electron chi connectivity index (χ4n) is 3.52. The van der Waals surface area contributed by atoms with E-state index < -0.39 is 35.2 Å². The van der Waals surface area contributed by atoms with Crippen molar-refractivity contribution < 1.29 is 19.5 Å². The zero-order valence-electron chi connectivity index (χ0n) is 15.9. The van der Waals surface area contributed by atoms with Crippen molar-refractivity contribution in [2.45, 2.75) is 24.4 Å². The normalized spacial score (nSPS) is 22.2. The third-order valence-corrected chi connectivity index (χ3v) is 7.09. The first-order valence-corrected chi connectivity index (χ1v) is 10.9. The summed E-state index contributed by atoms with van der Waals surface area (Å²) >= 11 is 2.70. The Kier molecular flexibility index (Phi) is 5.26. The molecule has 1 aromatic carbocycles. The Labute approximate surface area is 179 Å². The molecule has 30 heavy (non-hydrogen) atoms. The Balaban J connectivity index is 1.50. The molecule has 4 rings (SSSR count). The van der Waals surface area contributed by atoms with Crippen molar-refractivity contribution in [2.75, 3.05) is 11.5 Å². The Morgan fingerprint density at radius 1 is 1.43 bits per heavy atom. The summed E-state index contributed by atoms with van der Waals surface area (Å²) < 4.78 is 0.815. The summed E-state index contributed by atoms with van der Waals surface area (Å²) in [6, 6.07) is 3.39. The van der Waals surface area contributed by atoms with Crippen LogP contribution in [-0.4, -0.2) is 49.9 Å². The fourth-order valence-corrected chi connectivity index (χ4v) is 5.62. The van der Waals surface area contributed by atoms with Crippen LogP contribution >= 0.6 is 23.1 Å². The van der Waals surface area contributed by atoms with Gasteiger partial charge in [0.15, 0.2) is 5.13 Å². The van der Waals surface area contributed by atoms with Crippen LogP contribution in [0.3, 0.4) is 0 Å². The van der Waals surface area contributed by atoms with Gasteiger partial charge in [0.25, 0.3) is 5.91 Å². The van der Waals surface area contributed by atoms with Gasteiger partial charge in [-0.2, -0.15) is 0 Å². The second kappa shape index (κ2) is 7.74. The van der Waals surface area contributed by atoms with Crippen LogP contribution in [0.25, 0.3) is 10.2 Å². The number of carboxylic acid groups (broad SMARTS) is 1. The van der Waals surface area contributed by atoms with Crippen LogP contribution in [-0.2, 0) is 14.4 Å². The highest BCUT2D eigenvalue weighted by molar-refractivity contribution is 8.00. The van der Waals surface area contributed by atoms with Gasteiger partial charge in [0.1, 0.15) is 23.2 Å². The molecule has 0 saturated carbocycles. The van der Waals surface area contributed by atoms with E-state index in [9.17, 15) is 19.5 Å². The van der Waals surface area contributed by atoms with Crippen molar-refractivity contribution in [1.29, 1.82) is 0 Å². The fraction of sp³-hybridized carbons (Fsp3) is 0.263. The van der Waals surface area contributed by atoms with Gasteiger partial charge in [-0.15, -0.1) is 11.8 Å². The molecule has 3 atom stereocenters. The smallest absolute Gasteiger partial charge is 0.352 e. The maximum Gasteiger partial charge on any atom is 0.352 e. The number of benzene rings is 1. The van der Waals surface area contributed by atoms with Gasteiger partial charge >= 0.3 is 5.97 Å². The van der Waals surface area contributed by atoms with Crippen molar-refractivity contribution in [3.8, 4) is 0 Å². The van der Waals surface area contributed by atoms with Gasteiger partial charge in [-0.1, -0.05) is 29.6 Å². The highest BCUT2D eigenvalue weighted by Crippen LogP contribution is 2.40. The number of hydrogen-bond donors (Lipinski definition) is 4. The molecular formula is C19H19N5O4S2. The lowest BCUT2D eigenvalue weighted by molar-refractivity contribution is -0.150. The average molecular weight is 446 g/mol. The topological polar surface area (TPSA) is 152 Å². The summed E-state index contributed by atoms with van der Waals surface area (Å²) in [5, 5.41) is 12.2. The van der Waals surface area contributed by atoms with E-state index in [-0.39, 0.29) is 5.70 Å². The monoisotopic (exact) mass is 445 g/mol. The summed E-state index contributed by atoms with van der Waals surface area (Å²) in [6.45, 7) is 1.78. The minimum atomic E-state index is -1.17. The average Bonchev–Trinajstić information content (AvgIpc) is 3.09. The molecule has 3 unspecified atom stereocenters. The number of thioether (sulfide) groups is 1. The Morgan fingerprint density at radius 3 is 2.90 bits per heavy atom. The van der Waals surface area contributed by atoms with Gasteiger partial charge in [-0.3, -0.25) is 14.5 Å². The molecule has 0 aliphatic carbocycles. The number of rotatable bonds is 5. The third-order valence-electron chi connectivity index (χ3n) is 4.94. The number of β-lactam (4-membered cyclic amide) rings is 1. The molecule has 0 spiro atoms. The van der Waals surface area contributed by atoms with Crippen molar-refractivity contribution in [3.05, 3.63) is 47.2 Å². The standard InChI is InChI=1S/C19H19N5O4S2/c1-2-3-9-7-29-17-13(16(26)24(17)14(9)18(27)28)23-15(25)12(20)8-4-5-10-11(6-8)30-19(21)22-10/h2-6,12-13,17H,7,20H2,1H3,(H2,21,22)(H,23,25)(H,27,28). The second-order valence-electron chi connectivity index (χ2n) is 6.83. The van der Waals surface area contributed by atoms with Crippen molar-refractivity contribution in [3.63, 3.8) is 0 Å². The number of allylic oxidation sites excluding steroid dienone is 2. The summed E-state index contributed by atoms with van der Waals surface area (Å²) in [6.07, 6.45) is 3.42. The largest absolute Gasteiger partial charge is 0.477 e. The van der Waals surface area contributed by atoms with Crippen molar-refractivity contribution >= 4 is 56.2 Å². The highest BCUT2D eigenvalue weighted by atomic mass is 32.2. The molecule has 1 saturated heterocycles. The Bertz CT molecular complexity index is 1130. The number of aromatic nitrogens is 1. The number of carboxylic acids is 1. The van der Waals surface area contributed by atoms with E-state index in [2.05, 4.69) is 10.3 Å². The molecule has 1 fully saturated rings. The maximum atomic E-state index is 12.7. The predicted molar refractivity (Wildman–Crippen MR) is 115 cm³/mol. The van der Waals surface area contributed by atoms with E-state index in [1.54, 1.807) is 37.3 Å². The first-order chi connectivity index (χ1) is 14.3. The van der Waals surface area contributed by atoms with Crippen molar-refractivity contribution in [2.24, 2.45) is 5.73 Å². The molecule has 11 heteroatoms. The molecule has 2 amide bonds. The van der Waals surface area contributed by atoms with Crippen LogP contribution in [0, 0.1) is 0 Å². The van der Waals surface area contributed by atoms with E-state index in [1.165, 1.54) is 28.0 Å². The zero-order chi connectivity index (χ0) is 21.6. The van der Waals surface area contributed by atoms with Crippen LogP contribution in [0.4, 0.5) is 5.13 Å². The summed E-state index contributed by atoms with van der Waals surface area (Å²) in [4.78, 5) is 42.4. The first kappa shape index (κ1) is 20.4. The van der Waals surface area contributed by atoms with Gasteiger partial charge < -0.3 is 21.9 Å². The quantitative estimate of drug-likeness (QED) is 0.501. The molecule has 0 bridgehead atoms. The van der Waals surface area contributed by atoms with Crippen LogP contribution in [0.2, 0.25) is 0 Å². The Morgan fingerprint density at radius 2 is 2.20 bits per heavy atom. The van der Waals surface area contributed by atoms with Gasteiger partial charge in [-0.25, -0.2) is 9.78 Å². The SMILES string of the molecule is CC=CC1=C(C(=O)O)N2C(=O)C(NC(=O)C(N)c3ccc4nc(N)sc4c3)C2SC1. The number of nitrogens with two attached hydrogens (primary N) is 2. The van der Waals surface area contributed by atoms with Crippen LogP contribution < -0.4 is 16.8 Å². The number of nitrogens with one attached hydrogen (secondary N) is 1. The zero-order valence-corrected chi connectivity index (χ0v) is 17.5. The van der Waals surface area contributed by atoms with E-state index in [0.29, 0.717) is 22.0 Å². The second-order valence-corrected chi connectivity index (χ2v) is 9.00. The lowest BCUT2D eigenvalue weighted by Gasteiger charge is -2.49. The van der Waals surface area contributed by atoms with Crippen LogP contribution in [0.5, 0.6) is 0 Å². The molecule has 3 heterocycles. The van der Waals surface area contributed by atoms with Crippen LogP contribution in [0.15, 0.2) is 41.6 Å². The van der Waals surface area contributed by atoms with Gasteiger partial charge in [0.05, 0.1) is 10.2 Å². The minimum Gasteiger partial charge on any atom is -0.477 e. The number of amides is 2. The molecule has 0 radical (unpaired) electrons. The highest BCUT2D eigenvalue weighted by Gasteiger charge is 2.54. The van der Waals surface area contributed by atoms with Crippen LogP contribution in [0.1, 0.15) is 18.5 Å². The van der Waals surface area contributed by atoms with E-state index in [1.807, 2.05) is 0 Å². The molecule has 156 valence electrons. The molecule has 9 nitrogen and oxygen atoms in total. The molecule has 2 aliphatic rings. The third kappa shape index (κ3) is 3.34. The lowest BCUT2D eigenvalue weighted by Crippen LogP contribution is -2.71. The number of hydrogen-bond acceptors (Lipinski definition) is 8. The van der Waals surface area contributed by atoms with Gasteiger partial charge in [0, 0.05) is 5.75 Å². The number of anilines is 1. The number of fused-ring (bicyclic) bond motifs is 2. The Hall–Kier alpha value is -2.89. The minimum absolute atomic E-state index is 0.0371. The molecule has 1 aromatic heterocycles. The number of thiazole rings is 1. The summed E-state index contributed by atoms with van der Waals surface area (Å²) in [5.74, 6) is -1.70. The van der Waals surface area contributed by atoms with Gasteiger partial charge in [-0.05, 0) is 30.2 Å². The number of nitrogens with zero attached hydrogens (tertiary/aromatic N) is 2. The summed E-state index contributed by atoms with van der Waals surface area (Å²) in [7, 11) is 0. The number of aliphatic carboxylic acids is 1. The van der Waals surface area contributed by atoms with Gasteiger partial charge in [0.2, 0.25) is 5.91 Å². The number of carbonyl (C=O) groups excluding carboxylic acids is 2. The first-order valence-electron chi connectivity index (χ1n) is 9.07. The molecular weight excluding hydrogens is 426 g/mol. The van der Waals surface area contributed by atoms with E-state index >= 15 is 0 Å². The van der Waals surface area contributed by atoms with E-state index in [4.69, 9.17) is 11.5 Å². The predicted octanol–water partition coefficient (Wildman–Crippen LogP) is 1.19. The molecule has 2 aromatic rings. The summed E-state index contributed by atoms with van der Waals surface area (Å²) in [5.41, 5.74) is 13.6. The maximum absolute atomic E-state index is 12.7. The van der Waals surface area contributed by atoms with E-state index in [0.717, 1.165) is 10.2 Å². The van der Waals surface area contributed by atoms with Crippen molar-refractivity contribution in [1.82, 2.24) is 15.2 Å². The lowest BCUT2D eigenvalue weighted by atomic mass is 10.0. The molecule has 6 N–H and O–H groups in total. The number of nitrogen functional groups attached to an aromatic ring is 1. The number of carbonyl (C=O) groups is 3.